The van der Waals surface area contributed by atoms with Gasteiger partial charge in [0.15, 0.2) is 0 Å². The third kappa shape index (κ3) is 3.21. The third-order valence-electron chi connectivity index (χ3n) is 2.22. The largest absolute Gasteiger partial charge is 0.341 e. The van der Waals surface area contributed by atoms with Crippen LogP contribution in [0, 0.1) is 0 Å². The monoisotopic (exact) mass is 200 g/mol. The van der Waals surface area contributed by atoms with Gasteiger partial charge in [-0.1, -0.05) is 0 Å². The van der Waals surface area contributed by atoms with Gasteiger partial charge in [0.2, 0.25) is 5.91 Å². The molecule has 0 radical (unpaired) electrons. The van der Waals surface area contributed by atoms with Crippen LogP contribution in [0.2, 0.25) is 0 Å². The van der Waals surface area contributed by atoms with Crippen molar-refractivity contribution in [2.24, 2.45) is 5.84 Å². The van der Waals surface area contributed by atoms with Crippen molar-refractivity contribution in [2.75, 3.05) is 19.6 Å². The van der Waals surface area contributed by atoms with Gasteiger partial charge in [-0.25, -0.2) is 10.6 Å². The number of hydrazine groups is 1. The normalized spacial score (nSPS) is 16.6. The lowest BCUT2D eigenvalue weighted by Gasteiger charge is -2.26. The Hall–Kier alpha value is -1.30. The third-order valence-corrected chi connectivity index (χ3v) is 2.22. The number of amides is 3. The number of piperidine rings is 1. The summed E-state index contributed by atoms with van der Waals surface area (Å²) in [6, 6.07) is -0.422. The van der Waals surface area contributed by atoms with Gasteiger partial charge in [-0.3, -0.25) is 10.2 Å². The fraction of sp³-hybridized carbons (Fsp3) is 0.750. The minimum atomic E-state index is -0.422. The molecule has 0 bridgehead atoms. The smallest absolute Gasteiger partial charge is 0.328 e. The van der Waals surface area contributed by atoms with E-state index in [1.54, 1.807) is 4.90 Å². The molecule has 0 spiro atoms. The molecular formula is C8H16N4O2. The Bertz CT molecular complexity index is 219. The van der Waals surface area contributed by atoms with Crippen LogP contribution in [0.25, 0.3) is 0 Å². The Kier molecular flexibility index (Phi) is 4.18. The summed E-state index contributed by atoms with van der Waals surface area (Å²) in [5, 5.41) is 2.53. The average Bonchev–Trinajstić information content (AvgIpc) is 2.20. The van der Waals surface area contributed by atoms with Gasteiger partial charge in [-0.2, -0.15) is 0 Å². The number of nitrogens with two attached hydrogens (primary N) is 1. The first-order chi connectivity index (χ1) is 6.74. The van der Waals surface area contributed by atoms with Gasteiger partial charge in [0, 0.05) is 26.1 Å². The zero-order valence-corrected chi connectivity index (χ0v) is 8.08. The van der Waals surface area contributed by atoms with Crippen molar-refractivity contribution in [1.82, 2.24) is 15.6 Å². The van der Waals surface area contributed by atoms with Crippen molar-refractivity contribution in [3.8, 4) is 0 Å². The maximum absolute atomic E-state index is 11.3. The summed E-state index contributed by atoms with van der Waals surface area (Å²) in [5.74, 6) is 5.05. The first-order valence-electron chi connectivity index (χ1n) is 4.76. The molecular weight excluding hydrogens is 184 g/mol. The molecule has 6 heteroatoms. The fourth-order valence-electron chi connectivity index (χ4n) is 1.45. The number of likely N-dealkylation sites (tertiary alicyclic amines) is 1. The van der Waals surface area contributed by atoms with Crippen LogP contribution in [-0.2, 0) is 4.79 Å². The molecule has 0 aromatic rings. The van der Waals surface area contributed by atoms with Gasteiger partial charge in [0.25, 0.3) is 0 Å². The Balaban J connectivity index is 2.16. The Morgan fingerprint density at radius 2 is 2.29 bits per heavy atom. The second-order valence-electron chi connectivity index (χ2n) is 3.24. The molecule has 6 nitrogen and oxygen atoms in total. The summed E-state index contributed by atoms with van der Waals surface area (Å²) >= 11 is 0. The minimum absolute atomic E-state index is 0.172. The lowest BCUT2D eigenvalue weighted by Crippen LogP contribution is -2.45. The van der Waals surface area contributed by atoms with E-state index in [0.717, 1.165) is 19.4 Å². The van der Waals surface area contributed by atoms with Crippen LogP contribution in [0.15, 0.2) is 0 Å². The number of carbonyl (C=O) groups is 2. The summed E-state index contributed by atoms with van der Waals surface area (Å²) in [6.45, 7) is 1.80. The summed E-state index contributed by atoms with van der Waals surface area (Å²) < 4.78 is 0. The quantitative estimate of drug-likeness (QED) is 0.316. The predicted octanol–water partition coefficient (Wildman–Crippen LogP) is -0.828. The first kappa shape index (κ1) is 10.8. The zero-order valence-electron chi connectivity index (χ0n) is 8.08. The molecule has 1 rings (SSSR count). The SMILES string of the molecule is NNC(=O)NCCN1CCCCC1=O. The van der Waals surface area contributed by atoms with Crippen molar-refractivity contribution in [3.05, 3.63) is 0 Å². The van der Waals surface area contributed by atoms with Gasteiger partial charge in [-0.15, -0.1) is 0 Å². The molecule has 1 heterocycles. The summed E-state index contributed by atoms with van der Waals surface area (Å²) in [6.07, 6.45) is 2.66. The van der Waals surface area contributed by atoms with Gasteiger partial charge >= 0.3 is 6.03 Å². The topological polar surface area (TPSA) is 87.5 Å². The molecule has 0 aliphatic carbocycles. The number of hydrogen-bond acceptors (Lipinski definition) is 3. The van der Waals surface area contributed by atoms with Crippen molar-refractivity contribution in [1.29, 1.82) is 0 Å². The highest BCUT2D eigenvalue weighted by molar-refractivity contribution is 5.77. The minimum Gasteiger partial charge on any atom is -0.341 e. The number of nitrogens with one attached hydrogen (secondary N) is 2. The van der Waals surface area contributed by atoms with Crippen LogP contribution in [0.1, 0.15) is 19.3 Å². The highest BCUT2D eigenvalue weighted by atomic mass is 16.2. The van der Waals surface area contributed by atoms with E-state index in [1.807, 2.05) is 5.43 Å². The molecule has 80 valence electrons. The molecule has 14 heavy (non-hydrogen) atoms. The maximum atomic E-state index is 11.3. The highest BCUT2D eigenvalue weighted by Gasteiger charge is 2.16. The number of hydrogen-bond donors (Lipinski definition) is 3. The van der Waals surface area contributed by atoms with Crippen molar-refractivity contribution in [2.45, 2.75) is 19.3 Å². The fourth-order valence-corrected chi connectivity index (χ4v) is 1.45. The molecule has 0 unspecified atom stereocenters. The van der Waals surface area contributed by atoms with E-state index in [4.69, 9.17) is 5.84 Å². The summed E-state index contributed by atoms with van der Waals surface area (Å²) in [4.78, 5) is 23.8. The van der Waals surface area contributed by atoms with Gasteiger partial charge < -0.3 is 10.2 Å². The number of rotatable bonds is 3. The highest BCUT2D eigenvalue weighted by Crippen LogP contribution is 2.09. The molecule has 0 saturated carbocycles. The van der Waals surface area contributed by atoms with E-state index >= 15 is 0 Å². The zero-order chi connectivity index (χ0) is 10.4. The Labute approximate surface area is 82.8 Å². The lowest BCUT2D eigenvalue weighted by molar-refractivity contribution is -0.133. The van der Waals surface area contributed by atoms with Crippen LogP contribution in [-0.4, -0.2) is 36.5 Å². The van der Waals surface area contributed by atoms with Crippen LogP contribution < -0.4 is 16.6 Å². The standard InChI is InChI=1S/C8H16N4O2/c9-11-8(14)10-4-6-12-5-2-1-3-7(12)13/h1-6,9H2,(H2,10,11,14). The second-order valence-corrected chi connectivity index (χ2v) is 3.24. The van der Waals surface area contributed by atoms with E-state index in [0.29, 0.717) is 19.5 Å². The number of urea groups is 1. The Morgan fingerprint density at radius 1 is 1.50 bits per heavy atom. The lowest BCUT2D eigenvalue weighted by atomic mass is 10.1. The Morgan fingerprint density at radius 3 is 2.93 bits per heavy atom. The van der Waals surface area contributed by atoms with E-state index in [9.17, 15) is 9.59 Å². The van der Waals surface area contributed by atoms with Gasteiger partial charge in [0.05, 0.1) is 0 Å². The van der Waals surface area contributed by atoms with Gasteiger partial charge in [-0.05, 0) is 12.8 Å². The second kappa shape index (κ2) is 5.43. The van der Waals surface area contributed by atoms with Crippen molar-refractivity contribution >= 4 is 11.9 Å². The summed E-state index contributed by atoms with van der Waals surface area (Å²) in [7, 11) is 0. The van der Waals surface area contributed by atoms with E-state index in [2.05, 4.69) is 5.32 Å². The van der Waals surface area contributed by atoms with Crippen LogP contribution in [0.4, 0.5) is 4.79 Å². The van der Waals surface area contributed by atoms with Crippen molar-refractivity contribution in [3.63, 3.8) is 0 Å². The summed E-state index contributed by atoms with van der Waals surface area (Å²) in [5.41, 5.74) is 1.96. The number of nitrogens with zero attached hydrogens (tertiary/aromatic N) is 1. The van der Waals surface area contributed by atoms with E-state index in [1.165, 1.54) is 0 Å². The molecule has 1 aliphatic heterocycles. The molecule has 1 aliphatic rings. The van der Waals surface area contributed by atoms with Crippen LogP contribution in [0.5, 0.6) is 0 Å². The maximum Gasteiger partial charge on any atom is 0.328 e. The molecule has 1 saturated heterocycles. The van der Waals surface area contributed by atoms with Crippen LogP contribution >= 0.6 is 0 Å². The average molecular weight is 200 g/mol. The molecule has 1 fully saturated rings. The molecule has 0 aromatic heterocycles. The van der Waals surface area contributed by atoms with Crippen molar-refractivity contribution < 1.29 is 9.59 Å². The molecule has 4 N–H and O–H groups in total. The predicted molar refractivity (Wildman–Crippen MR) is 51.2 cm³/mol. The molecule has 3 amide bonds. The first-order valence-corrected chi connectivity index (χ1v) is 4.76. The molecule has 0 atom stereocenters. The van der Waals surface area contributed by atoms with E-state index < -0.39 is 6.03 Å². The van der Waals surface area contributed by atoms with Crippen LogP contribution in [0.3, 0.4) is 0 Å². The van der Waals surface area contributed by atoms with E-state index in [-0.39, 0.29) is 5.91 Å². The molecule has 0 aromatic carbocycles. The van der Waals surface area contributed by atoms with Gasteiger partial charge in [0.1, 0.15) is 0 Å². The number of carbonyl (C=O) groups excluding carboxylic acids is 2.